The highest BCUT2D eigenvalue weighted by molar-refractivity contribution is 6.04. The Morgan fingerprint density at radius 3 is 2.76 bits per heavy atom. The summed E-state index contributed by atoms with van der Waals surface area (Å²) in [6.45, 7) is 4.94. The van der Waals surface area contributed by atoms with Crippen LogP contribution in [0.15, 0.2) is 41.1 Å². The molecule has 0 radical (unpaired) electrons. The van der Waals surface area contributed by atoms with Crippen LogP contribution in [0.4, 0.5) is 5.69 Å². The lowest BCUT2D eigenvalue weighted by molar-refractivity contribution is 0.0780. The highest BCUT2D eigenvalue weighted by Crippen LogP contribution is 2.26. The van der Waals surface area contributed by atoms with Crippen LogP contribution in [-0.4, -0.2) is 52.0 Å². The van der Waals surface area contributed by atoms with Crippen LogP contribution in [0.3, 0.4) is 0 Å². The number of likely N-dealkylation sites (tertiary alicyclic amines) is 1. The summed E-state index contributed by atoms with van der Waals surface area (Å²) in [5, 5.41) is 6.76. The molecule has 3 heterocycles. The number of aromatic nitrogens is 3. The van der Waals surface area contributed by atoms with Crippen molar-refractivity contribution < 1.29 is 18.8 Å². The van der Waals surface area contributed by atoms with Gasteiger partial charge in [0.1, 0.15) is 17.3 Å². The number of amides is 2. The average Bonchev–Trinajstić information content (AvgIpc) is 3.49. The van der Waals surface area contributed by atoms with Crippen molar-refractivity contribution in [3.63, 3.8) is 0 Å². The molecule has 9 heteroatoms. The van der Waals surface area contributed by atoms with E-state index in [0.717, 1.165) is 25.0 Å². The number of carbonyl (C=O) groups excluding carboxylic acids is 2. The lowest BCUT2D eigenvalue weighted by Gasteiger charge is -2.15. The van der Waals surface area contributed by atoms with E-state index in [2.05, 4.69) is 20.4 Å². The van der Waals surface area contributed by atoms with Gasteiger partial charge in [0.2, 0.25) is 0 Å². The molecule has 1 fully saturated rings. The number of methoxy groups -OCH3 is 1. The standard InChI is InChI=1S/C24H27N5O4/c1-4-5-19-12-21(28-33-19)24(31)29-11-10-16(14-29)22-25-13-20(15(2)26-22)23(30)27-17-6-8-18(32-3)9-7-17/h6-9,12-13,16H,4-5,10-11,14H2,1-3H3,(H,27,30). The van der Waals surface area contributed by atoms with E-state index in [1.165, 1.54) is 0 Å². The Kier molecular flexibility index (Phi) is 6.67. The molecule has 1 unspecified atom stereocenters. The Balaban J connectivity index is 1.40. The van der Waals surface area contributed by atoms with Crippen molar-refractivity contribution in [2.75, 3.05) is 25.5 Å². The Hall–Kier alpha value is -3.75. The third-order valence-electron chi connectivity index (χ3n) is 5.71. The monoisotopic (exact) mass is 449 g/mol. The maximum atomic E-state index is 12.8. The minimum absolute atomic E-state index is 0.00774. The Morgan fingerprint density at radius 1 is 1.27 bits per heavy atom. The molecule has 9 nitrogen and oxygen atoms in total. The van der Waals surface area contributed by atoms with Gasteiger partial charge in [0.05, 0.1) is 18.4 Å². The molecule has 1 aliphatic heterocycles. The van der Waals surface area contributed by atoms with Gasteiger partial charge in [-0.25, -0.2) is 9.97 Å². The van der Waals surface area contributed by atoms with E-state index in [1.54, 1.807) is 55.5 Å². The molecule has 1 N–H and O–H groups in total. The van der Waals surface area contributed by atoms with Gasteiger partial charge in [-0.05, 0) is 44.0 Å². The molecule has 2 amide bonds. The average molecular weight is 450 g/mol. The normalized spacial score (nSPS) is 15.5. The zero-order valence-corrected chi connectivity index (χ0v) is 19.0. The largest absolute Gasteiger partial charge is 0.497 e. The predicted molar refractivity (Wildman–Crippen MR) is 121 cm³/mol. The molecular weight excluding hydrogens is 422 g/mol. The molecular formula is C24H27N5O4. The van der Waals surface area contributed by atoms with Crippen molar-refractivity contribution >= 4 is 17.5 Å². The predicted octanol–water partition coefficient (Wildman–Crippen LogP) is 3.62. The SMILES string of the molecule is CCCc1cc(C(=O)N2CCC(c3ncc(C(=O)Nc4ccc(OC)cc4)c(C)n3)C2)no1. The summed E-state index contributed by atoms with van der Waals surface area (Å²) in [4.78, 5) is 36.2. The maximum Gasteiger partial charge on any atom is 0.276 e. The molecule has 0 saturated carbocycles. The fraction of sp³-hybridized carbons (Fsp3) is 0.375. The van der Waals surface area contributed by atoms with Crippen LogP contribution in [0.25, 0.3) is 0 Å². The second kappa shape index (κ2) is 9.81. The second-order valence-corrected chi connectivity index (χ2v) is 8.08. The summed E-state index contributed by atoms with van der Waals surface area (Å²) in [6.07, 6.45) is 3.99. The number of ether oxygens (including phenoxy) is 1. The molecule has 33 heavy (non-hydrogen) atoms. The van der Waals surface area contributed by atoms with E-state index in [4.69, 9.17) is 9.26 Å². The summed E-state index contributed by atoms with van der Waals surface area (Å²) in [5.74, 6) is 1.66. The lowest BCUT2D eigenvalue weighted by Crippen LogP contribution is -2.29. The topological polar surface area (TPSA) is 110 Å². The molecule has 1 saturated heterocycles. The number of aryl methyl sites for hydroxylation is 2. The van der Waals surface area contributed by atoms with Crippen LogP contribution < -0.4 is 10.1 Å². The smallest absolute Gasteiger partial charge is 0.276 e. The molecule has 1 aromatic carbocycles. The second-order valence-electron chi connectivity index (χ2n) is 8.08. The molecule has 2 aromatic heterocycles. The number of nitrogens with one attached hydrogen (secondary N) is 1. The molecule has 1 aliphatic rings. The lowest BCUT2D eigenvalue weighted by atomic mass is 10.1. The van der Waals surface area contributed by atoms with Gasteiger partial charge in [-0.2, -0.15) is 0 Å². The van der Waals surface area contributed by atoms with Gasteiger partial charge in [0.15, 0.2) is 5.69 Å². The van der Waals surface area contributed by atoms with Crippen LogP contribution in [-0.2, 0) is 6.42 Å². The Labute approximate surface area is 192 Å². The first-order valence-corrected chi connectivity index (χ1v) is 11.0. The summed E-state index contributed by atoms with van der Waals surface area (Å²) < 4.78 is 10.4. The zero-order valence-electron chi connectivity index (χ0n) is 19.0. The highest BCUT2D eigenvalue weighted by Gasteiger charge is 2.31. The van der Waals surface area contributed by atoms with Crippen molar-refractivity contribution in [3.8, 4) is 5.75 Å². The van der Waals surface area contributed by atoms with Crippen molar-refractivity contribution in [2.45, 2.75) is 39.0 Å². The van der Waals surface area contributed by atoms with Crippen LogP contribution in [0, 0.1) is 6.92 Å². The summed E-state index contributed by atoms with van der Waals surface area (Å²) in [5.41, 5.74) is 1.99. The Bertz CT molecular complexity index is 1140. The first-order valence-electron chi connectivity index (χ1n) is 11.0. The van der Waals surface area contributed by atoms with E-state index >= 15 is 0 Å². The zero-order chi connectivity index (χ0) is 23.4. The van der Waals surface area contributed by atoms with E-state index in [1.807, 2.05) is 6.92 Å². The molecule has 0 spiro atoms. The number of nitrogens with zero attached hydrogens (tertiary/aromatic N) is 4. The summed E-state index contributed by atoms with van der Waals surface area (Å²) >= 11 is 0. The molecule has 3 aromatic rings. The van der Waals surface area contributed by atoms with Crippen LogP contribution in [0.1, 0.15) is 63.8 Å². The number of benzene rings is 1. The minimum atomic E-state index is -0.277. The van der Waals surface area contributed by atoms with Gasteiger partial charge >= 0.3 is 0 Å². The molecule has 4 rings (SSSR count). The minimum Gasteiger partial charge on any atom is -0.497 e. The summed E-state index contributed by atoms with van der Waals surface area (Å²) in [7, 11) is 1.59. The first kappa shape index (κ1) is 22.4. The van der Waals surface area contributed by atoms with Gasteiger partial charge < -0.3 is 19.5 Å². The highest BCUT2D eigenvalue weighted by atomic mass is 16.5. The van der Waals surface area contributed by atoms with E-state index in [9.17, 15) is 9.59 Å². The molecule has 172 valence electrons. The van der Waals surface area contributed by atoms with Gasteiger partial charge in [-0.15, -0.1) is 0 Å². The van der Waals surface area contributed by atoms with Crippen LogP contribution >= 0.6 is 0 Å². The molecule has 0 bridgehead atoms. The molecule has 0 aliphatic carbocycles. The third kappa shape index (κ3) is 5.02. The quantitative estimate of drug-likeness (QED) is 0.586. The van der Waals surface area contributed by atoms with Crippen molar-refractivity contribution in [1.82, 2.24) is 20.0 Å². The van der Waals surface area contributed by atoms with Crippen molar-refractivity contribution in [1.29, 1.82) is 0 Å². The first-order chi connectivity index (χ1) is 16.0. The number of carbonyl (C=O) groups is 2. The fourth-order valence-electron chi connectivity index (χ4n) is 3.87. The number of hydrogen-bond acceptors (Lipinski definition) is 7. The van der Waals surface area contributed by atoms with Gasteiger partial charge in [-0.1, -0.05) is 12.1 Å². The van der Waals surface area contributed by atoms with Gasteiger partial charge in [0, 0.05) is 43.4 Å². The third-order valence-corrected chi connectivity index (χ3v) is 5.71. The maximum absolute atomic E-state index is 12.8. The Morgan fingerprint density at radius 2 is 2.06 bits per heavy atom. The fourth-order valence-corrected chi connectivity index (χ4v) is 3.87. The van der Waals surface area contributed by atoms with Gasteiger partial charge in [-0.3, -0.25) is 9.59 Å². The van der Waals surface area contributed by atoms with E-state index in [0.29, 0.717) is 47.3 Å². The number of anilines is 1. The van der Waals surface area contributed by atoms with Crippen LogP contribution in [0.5, 0.6) is 5.75 Å². The van der Waals surface area contributed by atoms with Crippen LogP contribution in [0.2, 0.25) is 0 Å². The molecule has 1 atom stereocenters. The van der Waals surface area contributed by atoms with Gasteiger partial charge in [0.25, 0.3) is 11.8 Å². The number of rotatable bonds is 7. The van der Waals surface area contributed by atoms with E-state index < -0.39 is 0 Å². The summed E-state index contributed by atoms with van der Waals surface area (Å²) in [6, 6.07) is 8.81. The van der Waals surface area contributed by atoms with Crippen molar-refractivity contribution in [2.24, 2.45) is 0 Å². The van der Waals surface area contributed by atoms with Crippen molar-refractivity contribution in [3.05, 3.63) is 65.1 Å². The number of hydrogen-bond donors (Lipinski definition) is 1. The van der Waals surface area contributed by atoms with E-state index in [-0.39, 0.29) is 17.7 Å².